The van der Waals surface area contributed by atoms with Crippen molar-refractivity contribution in [2.24, 2.45) is 0 Å². The molecule has 1 heterocycles. The van der Waals surface area contributed by atoms with Crippen LogP contribution in [0, 0.1) is 0 Å². The molecule has 0 bridgehead atoms. The first kappa shape index (κ1) is 23.0. The Hall–Kier alpha value is -2.29. The molecule has 0 fully saturated rings. The molecule has 3 heteroatoms. The molecule has 0 saturated heterocycles. The van der Waals surface area contributed by atoms with E-state index in [1.54, 1.807) is 12.2 Å². The summed E-state index contributed by atoms with van der Waals surface area (Å²) in [7, 11) is 1.52. The molecule has 0 aromatic heterocycles. The second kappa shape index (κ2) is 13.8. The number of carbonyl (C=O) groups excluding carboxylic acids is 1. The first-order valence-electron chi connectivity index (χ1n) is 11.2. The van der Waals surface area contributed by atoms with Crippen LogP contribution in [0.3, 0.4) is 0 Å². The highest BCUT2D eigenvalue weighted by atomic mass is 16.5. The number of ether oxygens (including phenoxy) is 1. The first-order chi connectivity index (χ1) is 14.2. The van der Waals surface area contributed by atoms with Gasteiger partial charge in [0.1, 0.15) is 0 Å². The Morgan fingerprint density at radius 1 is 0.793 bits per heavy atom. The number of hydrogen-bond acceptors (Lipinski definition) is 3. The highest BCUT2D eigenvalue weighted by molar-refractivity contribution is 6.04. The van der Waals surface area contributed by atoms with Crippen LogP contribution in [0.2, 0.25) is 0 Å². The first-order valence-corrected chi connectivity index (χ1v) is 11.2. The number of nitrogens with zero attached hydrogens (tertiary/aromatic N) is 1. The van der Waals surface area contributed by atoms with Gasteiger partial charge in [0, 0.05) is 18.9 Å². The number of allylic oxidation sites excluding steroid dienone is 9. The minimum absolute atomic E-state index is 0.0858. The van der Waals surface area contributed by atoms with E-state index >= 15 is 0 Å². The summed E-state index contributed by atoms with van der Waals surface area (Å²) in [6, 6.07) is 0. The van der Waals surface area contributed by atoms with Gasteiger partial charge in [-0.05, 0) is 41.9 Å². The van der Waals surface area contributed by atoms with Gasteiger partial charge in [0.15, 0.2) is 5.76 Å². The molecule has 0 amide bonds. The van der Waals surface area contributed by atoms with E-state index < -0.39 is 0 Å². The molecule has 2 rings (SSSR count). The van der Waals surface area contributed by atoms with Crippen LogP contribution < -0.4 is 0 Å². The Balaban J connectivity index is 1.61. The largest absolute Gasteiger partial charge is 0.493 e. The minimum Gasteiger partial charge on any atom is -0.493 e. The second-order valence-corrected chi connectivity index (χ2v) is 7.79. The predicted molar refractivity (Wildman–Crippen MR) is 122 cm³/mol. The third-order valence-corrected chi connectivity index (χ3v) is 5.34. The van der Waals surface area contributed by atoms with Crippen LogP contribution in [0.4, 0.5) is 0 Å². The van der Waals surface area contributed by atoms with Crippen molar-refractivity contribution in [1.29, 1.82) is 0 Å². The molecule has 1 aliphatic heterocycles. The lowest BCUT2D eigenvalue weighted by molar-refractivity contribution is -0.114. The topological polar surface area (TPSA) is 29.5 Å². The standard InChI is InChI=1S/C26H37NO2/c1-3-4-5-6-7-8-9-10-11-12-19-27-20-17-23(18-21-27)13-14-24-15-16-25(28)26(22-24)29-2/h13-18,20-22H,3-12,19H2,1-2H3/b24-14-. The number of ketones is 1. The zero-order valence-electron chi connectivity index (χ0n) is 18.2. The number of carbonyl (C=O) groups is 1. The molecule has 158 valence electrons. The van der Waals surface area contributed by atoms with E-state index in [1.807, 2.05) is 12.2 Å². The van der Waals surface area contributed by atoms with Gasteiger partial charge in [-0.1, -0.05) is 82.9 Å². The van der Waals surface area contributed by atoms with Gasteiger partial charge in [0.05, 0.1) is 7.11 Å². The number of rotatable bonds is 13. The zero-order valence-corrected chi connectivity index (χ0v) is 18.2. The van der Waals surface area contributed by atoms with Crippen molar-refractivity contribution in [3.63, 3.8) is 0 Å². The molecule has 0 N–H and O–H groups in total. The van der Waals surface area contributed by atoms with Gasteiger partial charge < -0.3 is 9.64 Å². The molecule has 0 aromatic carbocycles. The van der Waals surface area contributed by atoms with E-state index in [4.69, 9.17) is 4.74 Å². The Kier molecular flexibility index (Phi) is 11.0. The van der Waals surface area contributed by atoms with E-state index in [2.05, 4.69) is 42.5 Å². The van der Waals surface area contributed by atoms with Crippen LogP contribution in [0.15, 0.2) is 71.8 Å². The van der Waals surface area contributed by atoms with E-state index in [1.165, 1.54) is 71.3 Å². The van der Waals surface area contributed by atoms with E-state index in [0.717, 1.165) is 17.7 Å². The van der Waals surface area contributed by atoms with Crippen LogP contribution in [0.1, 0.15) is 71.1 Å². The van der Waals surface area contributed by atoms with Gasteiger partial charge in [-0.2, -0.15) is 0 Å². The lowest BCUT2D eigenvalue weighted by atomic mass is 10.1. The highest BCUT2D eigenvalue weighted by Gasteiger charge is 2.10. The lowest BCUT2D eigenvalue weighted by Gasteiger charge is -2.18. The van der Waals surface area contributed by atoms with Crippen molar-refractivity contribution in [3.8, 4) is 0 Å². The fraction of sp³-hybridized carbons (Fsp3) is 0.500. The fourth-order valence-electron chi connectivity index (χ4n) is 3.49. The Labute approximate surface area is 177 Å². The van der Waals surface area contributed by atoms with E-state index in [-0.39, 0.29) is 5.78 Å². The molecule has 0 aromatic rings. The summed E-state index contributed by atoms with van der Waals surface area (Å²) >= 11 is 0. The van der Waals surface area contributed by atoms with Crippen LogP contribution in [-0.4, -0.2) is 24.3 Å². The maximum atomic E-state index is 11.6. The SMILES string of the molecule is CCCCCCCCCCCCN1C=CC(=C/C=C2/C=CC(=O)C(OC)=C2)C=C1. The molecule has 0 saturated carbocycles. The van der Waals surface area contributed by atoms with E-state index in [0.29, 0.717) is 5.76 Å². The van der Waals surface area contributed by atoms with Crippen LogP contribution in [-0.2, 0) is 9.53 Å². The van der Waals surface area contributed by atoms with Crippen LogP contribution in [0.5, 0.6) is 0 Å². The Morgan fingerprint density at radius 3 is 2.00 bits per heavy atom. The van der Waals surface area contributed by atoms with Gasteiger partial charge >= 0.3 is 0 Å². The molecular weight excluding hydrogens is 358 g/mol. The molecule has 0 unspecified atom stereocenters. The van der Waals surface area contributed by atoms with Crippen molar-refractivity contribution in [2.45, 2.75) is 71.1 Å². The molecule has 0 spiro atoms. The monoisotopic (exact) mass is 395 g/mol. The van der Waals surface area contributed by atoms with Crippen molar-refractivity contribution < 1.29 is 9.53 Å². The maximum Gasteiger partial charge on any atom is 0.220 e. The Morgan fingerprint density at radius 2 is 1.38 bits per heavy atom. The summed E-state index contributed by atoms with van der Waals surface area (Å²) < 4.78 is 5.09. The highest BCUT2D eigenvalue weighted by Crippen LogP contribution is 2.16. The van der Waals surface area contributed by atoms with Crippen molar-refractivity contribution in [2.75, 3.05) is 13.7 Å². The maximum absolute atomic E-state index is 11.6. The van der Waals surface area contributed by atoms with Crippen molar-refractivity contribution >= 4 is 5.78 Å². The molecular formula is C26H37NO2. The van der Waals surface area contributed by atoms with Gasteiger partial charge in [-0.25, -0.2) is 0 Å². The van der Waals surface area contributed by atoms with Crippen molar-refractivity contribution in [1.82, 2.24) is 4.90 Å². The minimum atomic E-state index is -0.0858. The molecule has 2 aliphatic rings. The normalized spacial score (nSPS) is 17.2. The van der Waals surface area contributed by atoms with Gasteiger partial charge in [-0.3, -0.25) is 4.79 Å². The summed E-state index contributed by atoms with van der Waals surface area (Å²) in [4.78, 5) is 13.8. The number of methoxy groups -OCH3 is 1. The van der Waals surface area contributed by atoms with Crippen molar-refractivity contribution in [3.05, 3.63) is 71.8 Å². The Bertz CT molecular complexity index is 675. The number of unbranched alkanes of at least 4 members (excludes halogenated alkanes) is 9. The fourth-order valence-corrected chi connectivity index (χ4v) is 3.49. The van der Waals surface area contributed by atoms with Crippen LogP contribution >= 0.6 is 0 Å². The number of hydrogen-bond donors (Lipinski definition) is 0. The summed E-state index contributed by atoms with van der Waals surface area (Å²) in [5, 5.41) is 0. The summed E-state index contributed by atoms with van der Waals surface area (Å²) in [5.41, 5.74) is 2.11. The zero-order chi connectivity index (χ0) is 20.7. The predicted octanol–water partition coefficient (Wildman–Crippen LogP) is 6.77. The third-order valence-electron chi connectivity index (χ3n) is 5.34. The summed E-state index contributed by atoms with van der Waals surface area (Å²) in [5.74, 6) is 0.298. The average Bonchev–Trinajstić information content (AvgIpc) is 2.75. The molecule has 0 atom stereocenters. The molecule has 0 radical (unpaired) electrons. The average molecular weight is 396 g/mol. The van der Waals surface area contributed by atoms with E-state index in [9.17, 15) is 4.79 Å². The van der Waals surface area contributed by atoms with Gasteiger partial charge in [0.2, 0.25) is 5.78 Å². The smallest absolute Gasteiger partial charge is 0.220 e. The quantitative estimate of drug-likeness (QED) is 0.322. The van der Waals surface area contributed by atoms with Gasteiger partial charge in [-0.15, -0.1) is 0 Å². The second-order valence-electron chi connectivity index (χ2n) is 7.79. The van der Waals surface area contributed by atoms with Crippen LogP contribution in [0.25, 0.3) is 0 Å². The summed E-state index contributed by atoms with van der Waals surface area (Å²) in [6.45, 7) is 3.36. The molecule has 29 heavy (non-hydrogen) atoms. The summed E-state index contributed by atoms with van der Waals surface area (Å²) in [6.07, 6.45) is 31.5. The molecule has 1 aliphatic carbocycles. The lowest BCUT2D eigenvalue weighted by Crippen LogP contribution is -2.13. The van der Waals surface area contributed by atoms with Gasteiger partial charge in [0.25, 0.3) is 0 Å². The molecule has 3 nitrogen and oxygen atoms in total. The third kappa shape index (κ3) is 9.17.